The highest BCUT2D eigenvalue weighted by Gasteiger charge is 2.45. The van der Waals surface area contributed by atoms with E-state index in [0.717, 1.165) is 31.3 Å². The first-order chi connectivity index (χ1) is 9.65. The first-order valence-electron chi connectivity index (χ1n) is 8.55. The summed E-state index contributed by atoms with van der Waals surface area (Å²) in [5, 5.41) is 0. The van der Waals surface area contributed by atoms with Crippen LogP contribution < -0.4 is 0 Å². The van der Waals surface area contributed by atoms with Crippen LogP contribution in [0.4, 0.5) is 0 Å². The maximum Gasteiger partial charge on any atom is 0.307 e. The molecule has 20 heavy (non-hydrogen) atoms. The lowest BCUT2D eigenvalue weighted by Gasteiger charge is -2.48. The first kappa shape index (κ1) is 15.8. The molecule has 0 saturated heterocycles. The second-order valence-corrected chi connectivity index (χ2v) is 6.57. The van der Waals surface area contributed by atoms with Crippen LogP contribution in [0, 0.1) is 11.8 Å². The molecule has 0 heterocycles. The molecule has 2 unspecified atom stereocenters. The molecule has 2 aliphatic rings. The number of esters is 1. The van der Waals surface area contributed by atoms with Gasteiger partial charge in [0.25, 0.3) is 0 Å². The molecule has 3 heteroatoms. The third-order valence-electron chi connectivity index (χ3n) is 5.36. The predicted octanol–water partition coefficient (Wildman–Crippen LogP) is 3.62. The summed E-state index contributed by atoms with van der Waals surface area (Å²) in [7, 11) is 0. The van der Waals surface area contributed by atoms with E-state index < -0.39 is 0 Å². The van der Waals surface area contributed by atoms with Gasteiger partial charge in [-0.2, -0.15) is 0 Å². The van der Waals surface area contributed by atoms with Gasteiger partial charge in [0.2, 0.25) is 0 Å². The molecule has 2 rings (SSSR count). The average molecular weight is 281 g/mol. The van der Waals surface area contributed by atoms with Crippen molar-refractivity contribution in [3.8, 4) is 0 Å². The summed E-state index contributed by atoms with van der Waals surface area (Å²) in [5.74, 6) is 1.79. The van der Waals surface area contributed by atoms with Crippen LogP contribution in [-0.4, -0.2) is 36.1 Å². The Morgan fingerprint density at radius 2 is 1.85 bits per heavy atom. The van der Waals surface area contributed by atoms with Gasteiger partial charge >= 0.3 is 5.97 Å². The van der Waals surface area contributed by atoms with E-state index >= 15 is 0 Å². The molecular formula is C17H31NO2. The first-order valence-corrected chi connectivity index (χ1v) is 8.55. The molecule has 0 amide bonds. The lowest BCUT2D eigenvalue weighted by Crippen LogP contribution is -2.53. The highest BCUT2D eigenvalue weighted by atomic mass is 16.5. The zero-order valence-corrected chi connectivity index (χ0v) is 13.5. The van der Waals surface area contributed by atoms with Crippen molar-refractivity contribution in [3.05, 3.63) is 0 Å². The van der Waals surface area contributed by atoms with Crippen LogP contribution in [0.25, 0.3) is 0 Å². The van der Waals surface area contributed by atoms with Gasteiger partial charge in [-0.3, -0.25) is 9.69 Å². The number of rotatable bonds is 7. The highest BCUT2D eigenvalue weighted by Crippen LogP contribution is 2.49. The molecule has 3 nitrogen and oxygen atoms in total. The summed E-state index contributed by atoms with van der Waals surface area (Å²) in [5.41, 5.74) is 0.0707. The van der Waals surface area contributed by atoms with Crippen molar-refractivity contribution in [2.45, 2.75) is 71.3 Å². The van der Waals surface area contributed by atoms with E-state index in [2.05, 4.69) is 18.7 Å². The predicted molar refractivity (Wildman–Crippen MR) is 81.6 cm³/mol. The average Bonchev–Trinajstić information content (AvgIpc) is 3.24. The van der Waals surface area contributed by atoms with Crippen molar-refractivity contribution in [2.75, 3.05) is 19.7 Å². The Morgan fingerprint density at radius 1 is 1.15 bits per heavy atom. The fraction of sp³-hybridized carbons (Fsp3) is 0.941. The maximum absolute atomic E-state index is 12.1. The zero-order chi connectivity index (χ0) is 14.6. The maximum atomic E-state index is 12.1. The Balaban J connectivity index is 2.11. The van der Waals surface area contributed by atoms with Gasteiger partial charge in [-0.1, -0.05) is 26.7 Å². The minimum absolute atomic E-state index is 0.00385. The van der Waals surface area contributed by atoms with Gasteiger partial charge < -0.3 is 4.74 Å². The molecule has 2 aliphatic carbocycles. The molecule has 0 aromatic rings. The molecule has 0 bridgehead atoms. The van der Waals surface area contributed by atoms with Crippen LogP contribution >= 0.6 is 0 Å². The third kappa shape index (κ3) is 3.55. The quantitative estimate of drug-likeness (QED) is 0.668. The summed E-state index contributed by atoms with van der Waals surface area (Å²) in [4.78, 5) is 14.6. The number of hydrogen-bond donors (Lipinski definition) is 0. The number of ether oxygens (including phenoxy) is 1. The van der Waals surface area contributed by atoms with Gasteiger partial charge in [0.1, 0.15) is 0 Å². The van der Waals surface area contributed by atoms with Crippen molar-refractivity contribution in [2.24, 2.45) is 11.8 Å². The Bertz CT molecular complexity index is 323. The number of carbonyl (C=O) groups is 1. The Labute approximate surface area is 124 Å². The third-order valence-corrected chi connectivity index (χ3v) is 5.36. The number of hydrogen-bond acceptors (Lipinski definition) is 3. The van der Waals surface area contributed by atoms with E-state index in [1.54, 1.807) is 0 Å². The van der Waals surface area contributed by atoms with Crippen molar-refractivity contribution >= 4 is 5.97 Å². The standard InChI is InChI=1S/C17H31NO2/c1-4-18(5-2)17(13-16(19)20-6-3)11-7-8-15(12-17)14-9-10-14/h14-15H,4-13H2,1-3H3. The van der Waals surface area contributed by atoms with E-state index in [4.69, 9.17) is 4.74 Å². The number of nitrogens with zero attached hydrogens (tertiary/aromatic N) is 1. The van der Waals surface area contributed by atoms with Gasteiger partial charge in [0.15, 0.2) is 0 Å². The molecule has 116 valence electrons. The molecule has 0 N–H and O–H groups in total. The number of carbonyl (C=O) groups excluding carboxylic acids is 1. The lowest BCUT2D eigenvalue weighted by atomic mass is 9.71. The summed E-state index contributed by atoms with van der Waals surface area (Å²) >= 11 is 0. The minimum Gasteiger partial charge on any atom is -0.466 e. The largest absolute Gasteiger partial charge is 0.466 e. The van der Waals surface area contributed by atoms with Crippen LogP contribution in [0.1, 0.15) is 65.7 Å². The van der Waals surface area contributed by atoms with Gasteiger partial charge in [-0.05, 0) is 57.5 Å². The second-order valence-electron chi connectivity index (χ2n) is 6.57. The molecule has 0 aromatic carbocycles. The molecule has 2 fully saturated rings. The van der Waals surface area contributed by atoms with E-state index in [0.29, 0.717) is 13.0 Å². The van der Waals surface area contributed by atoms with Crippen molar-refractivity contribution in [1.29, 1.82) is 0 Å². The smallest absolute Gasteiger partial charge is 0.307 e. The van der Waals surface area contributed by atoms with Gasteiger partial charge in [0, 0.05) is 5.54 Å². The van der Waals surface area contributed by atoms with Crippen molar-refractivity contribution in [1.82, 2.24) is 4.90 Å². The zero-order valence-electron chi connectivity index (χ0n) is 13.5. The van der Waals surface area contributed by atoms with Crippen molar-refractivity contribution in [3.63, 3.8) is 0 Å². The van der Waals surface area contributed by atoms with Crippen molar-refractivity contribution < 1.29 is 9.53 Å². The Kier molecular flexibility index (Phi) is 5.48. The molecule has 0 aliphatic heterocycles. The van der Waals surface area contributed by atoms with E-state index in [9.17, 15) is 4.79 Å². The van der Waals surface area contributed by atoms with E-state index in [-0.39, 0.29) is 11.5 Å². The van der Waals surface area contributed by atoms with Gasteiger partial charge in [-0.15, -0.1) is 0 Å². The summed E-state index contributed by atoms with van der Waals surface area (Å²) in [6.45, 7) is 8.91. The normalized spacial score (nSPS) is 30.5. The summed E-state index contributed by atoms with van der Waals surface area (Å²) in [6.07, 6.45) is 8.44. The fourth-order valence-corrected chi connectivity index (χ4v) is 4.29. The van der Waals surface area contributed by atoms with E-state index in [1.807, 2.05) is 6.92 Å². The van der Waals surface area contributed by atoms with Crippen LogP contribution in [-0.2, 0) is 9.53 Å². The van der Waals surface area contributed by atoms with Crippen LogP contribution in [0.2, 0.25) is 0 Å². The van der Waals surface area contributed by atoms with Gasteiger partial charge in [0.05, 0.1) is 13.0 Å². The molecule has 2 atom stereocenters. The molecular weight excluding hydrogens is 250 g/mol. The van der Waals surface area contributed by atoms with Gasteiger partial charge in [-0.25, -0.2) is 0 Å². The lowest BCUT2D eigenvalue weighted by molar-refractivity contribution is -0.148. The van der Waals surface area contributed by atoms with Crippen LogP contribution in [0.3, 0.4) is 0 Å². The summed E-state index contributed by atoms with van der Waals surface area (Å²) < 4.78 is 5.25. The van der Waals surface area contributed by atoms with Crippen LogP contribution in [0.15, 0.2) is 0 Å². The second kappa shape index (κ2) is 6.93. The highest BCUT2D eigenvalue weighted by molar-refractivity contribution is 5.71. The topological polar surface area (TPSA) is 29.5 Å². The SMILES string of the molecule is CCOC(=O)CC1(N(CC)CC)CCCC(C2CC2)C1. The van der Waals surface area contributed by atoms with Crippen LogP contribution in [0.5, 0.6) is 0 Å². The molecule has 0 aromatic heterocycles. The fourth-order valence-electron chi connectivity index (χ4n) is 4.29. The monoisotopic (exact) mass is 281 g/mol. The van der Waals surface area contributed by atoms with E-state index in [1.165, 1.54) is 32.1 Å². The molecule has 2 saturated carbocycles. The molecule has 0 radical (unpaired) electrons. The molecule has 0 spiro atoms. The minimum atomic E-state index is -0.00385. The Morgan fingerprint density at radius 3 is 2.40 bits per heavy atom. The summed E-state index contributed by atoms with van der Waals surface area (Å²) in [6, 6.07) is 0. The Hall–Kier alpha value is -0.570.